The topological polar surface area (TPSA) is 66.9 Å². The molecule has 1 aromatic heterocycles. The van der Waals surface area contributed by atoms with Gasteiger partial charge in [0.25, 0.3) is 0 Å². The molecule has 2 fully saturated rings. The predicted octanol–water partition coefficient (Wildman–Crippen LogP) is 2.50. The van der Waals surface area contributed by atoms with Crippen LogP contribution >= 0.6 is 11.5 Å². The van der Waals surface area contributed by atoms with E-state index >= 15 is 0 Å². The van der Waals surface area contributed by atoms with Crippen LogP contribution in [0.5, 0.6) is 0 Å². The third-order valence-electron chi connectivity index (χ3n) is 3.31. The van der Waals surface area contributed by atoms with Gasteiger partial charge in [-0.25, -0.2) is 9.78 Å². The predicted molar refractivity (Wildman–Crippen MR) is 70.8 cm³/mol. The molecule has 2 saturated carbocycles. The molecule has 0 saturated heterocycles. The SMILES string of the molecule is C=C1CC(CNC(=O)Nc2nc(C3CC3)ns2)C1. The van der Waals surface area contributed by atoms with Crippen molar-refractivity contribution in [2.24, 2.45) is 5.92 Å². The van der Waals surface area contributed by atoms with Crippen molar-refractivity contribution in [2.45, 2.75) is 31.6 Å². The van der Waals surface area contributed by atoms with Gasteiger partial charge < -0.3 is 5.32 Å². The molecular weight excluding hydrogens is 248 g/mol. The minimum atomic E-state index is -0.189. The van der Waals surface area contributed by atoms with Crippen molar-refractivity contribution < 1.29 is 4.79 Å². The molecule has 5 nitrogen and oxygen atoms in total. The monoisotopic (exact) mass is 264 g/mol. The summed E-state index contributed by atoms with van der Waals surface area (Å²) in [6.07, 6.45) is 4.41. The minimum Gasteiger partial charge on any atom is -0.338 e. The van der Waals surface area contributed by atoms with Crippen molar-refractivity contribution >= 4 is 22.7 Å². The summed E-state index contributed by atoms with van der Waals surface area (Å²) in [6.45, 7) is 4.59. The van der Waals surface area contributed by atoms with Gasteiger partial charge in [0.15, 0.2) is 0 Å². The number of urea groups is 1. The highest BCUT2D eigenvalue weighted by Crippen LogP contribution is 2.39. The van der Waals surface area contributed by atoms with Gasteiger partial charge in [-0.05, 0) is 31.6 Å². The highest BCUT2D eigenvalue weighted by molar-refractivity contribution is 7.09. The Bertz CT molecular complexity index is 472. The maximum Gasteiger partial charge on any atom is 0.321 e. The lowest BCUT2D eigenvalue weighted by Crippen LogP contribution is -2.35. The summed E-state index contributed by atoms with van der Waals surface area (Å²) in [6, 6.07) is -0.189. The second kappa shape index (κ2) is 4.68. The first-order chi connectivity index (χ1) is 8.70. The Balaban J connectivity index is 1.43. The highest BCUT2D eigenvalue weighted by Gasteiger charge is 2.28. The molecule has 2 N–H and O–H groups in total. The Morgan fingerprint density at radius 1 is 1.44 bits per heavy atom. The molecular formula is C12H16N4OS. The van der Waals surface area contributed by atoms with Gasteiger partial charge in [-0.1, -0.05) is 12.2 Å². The van der Waals surface area contributed by atoms with Gasteiger partial charge in [-0.2, -0.15) is 4.37 Å². The maximum atomic E-state index is 11.6. The molecule has 18 heavy (non-hydrogen) atoms. The smallest absolute Gasteiger partial charge is 0.321 e. The second-order valence-corrected chi connectivity index (χ2v) is 5.84. The van der Waals surface area contributed by atoms with Crippen LogP contribution in [0.25, 0.3) is 0 Å². The number of hydrogen-bond acceptors (Lipinski definition) is 4. The summed E-state index contributed by atoms with van der Waals surface area (Å²) in [5, 5.41) is 6.18. The Morgan fingerprint density at radius 2 is 2.22 bits per heavy atom. The van der Waals surface area contributed by atoms with Crippen LogP contribution in [0.3, 0.4) is 0 Å². The van der Waals surface area contributed by atoms with Crippen molar-refractivity contribution in [3.63, 3.8) is 0 Å². The number of aromatic nitrogens is 2. The number of anilines is 1. The van der Waals surface area contributed by atoms with Crippen LogP contribution < -0.4 is 10.6 Å². The zero-order valence-corrected chi connectivity index (χ0v) is 10.9. The van der Waals surface area contributed by atoms with Crippen LogP contribution in [0.15, 0.2) is 12.2 Å². The van der Waals surface area contributed by atoms with Gasteiger partial charge in [0.1, 0.15) is 5.82 Å². The van der Waals surface area contributed by atoms with E-state index in [9.17, 15) is 4.79 Å². The van der Waals surface area contributed by atoms with Crippen LogP contribution in [0.2, 0.25) is 0 Å². The molecule has 3 rings (SSSR count). The average Bonchev–Trinajstić information content (AvgIpc) is 3.05. The van der Waals surface area contributed by atoms with E-state index in [1.807, 2.05) is 0 Å². The summed E-state index contributed by atoms with van der Waals surface area (Å²) in [5.74, 6) is 1.96. The summed E-state index contributed by atoms with van der Waals surface area (Å²) in [4.78, 5) is 15.9. The number of nitrogens with one attached hydrogen (secondary N) is 2. The Hall–Kier alpha value is -1.43. The molecule has 96 valence electrons. The van der Waals surface area contributed by atoms with E-state index in [-0.39, 0.29) is 6.03 Å². The molecule has 0 unspecified atom stereocenters. The van der Waals surface area contributed by atoms with Crippen LogP contribution in [0, 0.1) is 5.92 Å². The quantitative estimate of drug-likeness (QED) is 0.821. The zero-order valence-electron chi connectivity index (χ0n) is 10.1. The average molecular weight is 264 g/mol. The third kappa shape index (κ3) is 2.69. The fourth-order valence-corrected chi connectivity index (χ4v) is 2.71. The van der Waals surface area contributed by atoms with Crippen molar-refractivity contribution in [3.8, 4) is 0 Å². The van der Waals surface area contributed by atoms with Crippen LogP contribution in [0.1, 0.15) is 37.4 Å². The van der Waals surface area contributed by atoms with Crippen molar-refractivity contribution in [1.29, 1.82) is 0 Å². The van der Waals surface area contributed by atoms with Crippen molar-refractivity contribution in [1.82, 2.24) is 14.7 Å². The van der Waals surface area contributed by atoms with Crippen LogP contribution in [0.4, 0.5) is 9.93 Å². The Kier molecular flexibility index (Phi) is 3.03. The molecule has 0 spiro atoms. The number of carbonyl (C=O) groups excluding carboxylic acids is 1. The number of rotatable bonds is 4. The molecule has 2 aliphatic carbocycles. The summed E-state index contributed by atoms with van der Waals surface area (Å²) in [5.41, 5.74) is 1.28. The normalized spacial score (nSPS) is 19.4. The van der Waals surface area contributed by atoms with Crippen LogP contribution in [-0.2, 0) is 0 Å². The van der Waals surface area contributed by atoms with E-state index in [0.29, 0.717) is 23.5 Å². The second-order valence-electron chi connectivity index (χ2n) is 5.09. The number of carbonyl (C=O) groups is 1. The number of hydrogen-bond donors (Lipinski definition) is 2. The highest BCUT2D eigenvalue weighted by atomic mass is 32.1. The van der Waals surface area contributed by atoms with E-state index in [1.165, 1.54) is 29.9 Å². The third-order valence-corrected chi connectivity index (χ3v) is 3.96. The molecule has 1 aromatic rings. The summed E-state index contributed by atoms with van der Waals surface area (Å²) in [7, 11) is 0. The fraction of sp³-hybridized carbons (Fsp3) is 0.583. The molecule has 0 atom stereocenters. The first-order valence-corrected chi connectivity index (χ1v) is 7.03. The van der Waals surface area contributed by atoms with Gasteiger partial charge in [-0.15, -0.1) is 0 Å². The first-order valence-electron chi connectivity index (χ1n) is 6.26. The van der Waals surface area contributed by atoms with E-state index < -0.39 is 0 Å². The van der Waals surface area contributed by atoms with Gasteiger partial charge >= 0.3 is 6.03 Å². The molecule has 0 bridgehead atoms. The summed E-state index contributed by atoms with van der Waals surface area (Å²) < 4.78 is 4.24. The van der Waals surface area contributed by atoms with Crippen molar-refractivity contribution in [2.75, 3.05) is 11.9 Å². The molecule has 0 radical (unpaired) electrons. The standard InChI is InChI=1S/C12H16N4OS/c1-7-4-8(5-7)6-13-11(17)15-12-14-10(16-18-12)9-2-3-9/h8-9H,1-6H2,(H2,13,14,15,16,17). The summed E-state index contributed by atoms with van der Waals surface area (Å²) >= 11 is 1.25. The molecule has 6 heteroatoms. The lowest BCUT2D eigenvalue weighted by Gasteiger charge is -2.28. The number of allylic oxidation sites excluding steroid dienone is 1. The van der Waals surface area contributed by atoms with E-state index in [1.54, 1.807) is 0 Å². The maximum absolute atomic E-state index is 11.6. The fourth-order valence-electron chi connectivity index (χ4n) is 2.07. The van der Waals surface area contributed by atoms with E-state index in [2.05, 4.69) is 26.6 Å². The van der Waals surface area contributed by atoms with Gasteiger partial charge in [0.2, 0.25) is 5.13 Å². The number of amides is 2. The molecule has 2 aliphatic rings. The molecule has 1 heterocycles. The minimum absolute atomic E-state index is 0.189. The Morgan fingerprint density at radius 3 is 2.89 bits per heavy atom. The van der Waals surface area contributed by atoms with Gasteiger partial charge in [-0.3, -0.25) is 5.32 Å². The lowest BCUT2D eigenvalue weighted by molar-refractivity contribution is 0.248. The lowest BCUT2D eigenvalue weighted by atomic mass is 9.81. The zero-order chi connectivity index (χ0) is 12.5. The first kappa shape index (κ1) is 11.6. The largest absolute Gasteiger partial charge is 0.338 e. The number of nitrogens with zero attached hydrogens (tertiary/aromatic N) is 2. The van der Waals surface area contributed by atoms with Gasteiger partial charge in [0, 0.05) is 24.0 Å². The van der Waals surface area contributed by atoms with E-state index in [0.717, 1.165) is 18.7 Å². The molecule has 2 amide bonds. The van der Waals surface area contributed by atoms with Gasteiger partial charge in [0.05, 0.1) is 0 Å². The van der Waals surface area contributed by atoms with Crippen molar-refractivity contribution in [3.05, 3.63) is 18.0 Å². The molecule has 0 aromatic carbocycles. The van der Waals surface area contributed by atoms with E-state index in [4.69, 9.17) is 0 Å². The molecule has 0 aliphatic heterocycles. The van der Waals surface area contributed by atoms with Crippen LogP contribution in [-0.4, -0.2) is 21.9 Å². The Labute approximate surface area is 110 Å².